The van der Waals surface area contributed by atoms with Crippen molar-refractivity contribution in [1.82, 2.24) is 0 Å². The van der Waals surface area contributed by atoms with Crippen LogP contribution in [0.5, 0.6) is 0 Å². The predicted molar refractivity (Wildman–Crippen MR) is 59.0 cm³/mol. The molecule has 0 unspecified atom stereocenters. The van der Waals surface area contributed by atoms with Gasteiger partial charge in [0.1, 0.15) is 5.82 Å². The van der Waals surface area contributed by atoms with E-state index in [-0.39, 0.29) is 5.39 Å². The fourth-order valence-electron chi connectivity index (χ4n) is 1.92. The molecule has 0 fully saturated rings. The summed E-state index contributed by atoms with van der Waals surface area (Å²) in [6.45, 7) is 0. The van der Waals surface area contributed by atoms with Crippen LogP contribution in [0.2, 0.25) is 0 Å². The molecule has 0 aliphatic rings. The van der Waals surface area contributed by atoms with Gasteiger partial charge in [-0.15, -0.1) is 0 Å². The Morgan fingerprint density at radius 1 is 0.824 bits per heavy atom. The van der Waals surface area contributed by atoms with E-state index >= 15 is 0 Å². The summed E-state index contributed by atoms with van der Waals surface area (Å²) < 4.78 is 39.5. The lowest BCUT2D eigenvalue weighted by molar-refractivity contribution is 0.515. The van der Waals surface area contributed by atoms with Gasteiger partial charge in [0.15, 0.2) is 11.6 Å². The van der Waals surface area contributed by atoms with E-state index in [1.165, 1.54) is 30.3 Å². The largest absolute Gasteiger partial charge is 0.206 e. The van der Waals surface area contributed by atoms with Gasteiger partial charge < -0.3 is 0 Å². The first-order chi connectivity index (χ1) is 8.16. The van der Waals surface area contributed by atoms with Crippen LogP contribution >= 0.6 is 0 Å². The van der Waals surface area contributed by atoms with E-state index < -0.39 is 17.5 Å². The van der Waals surface area contributed by atoms with Crippen molar-refractivity contribution in [2.75, 3.05) is 0 Å². The van der Waals surface area contributed by atoms with Crippen LogP contribution in [0.1, 0.15) is 0 Å². The summed E-state index contributed by atoms with van der Waals surface area (Å²) >= 11 is 0. The van der Waals surface area contributed by atoms with Crippen LogP contribution in [0.25, 0.3) is 21.5 Å². The SMILES string of the molecule is Fc1[c]c2ccc3c(F)c(F)[c]cc3c2cc1. The predicted octanol–water partition coefficient (Wildman–Crippen LogP) is 4.01. The van der Waals surface area contributed by atoms with Crippen LogP contribution in [0, 0.1) is 29.6 Å². The minimum Gasteiger partial charge on any atom is -0.206 e. The minimum atomic E-state index is -1.01. The summed E-state index contributed by atoms with van der Waals surface area (Å²) in [4.78, 5) is 0. The second-order valence-corrected chi connectivity index (χ2v) is 3.71. The molecule has 0 aliphatic carbocycles. The Kier molecular flexibility index (Phi) is 2.08. The molecule has 0 bridgehead atoms. The van der Waals surface area contributed by atoms with Gasteiger partial charge in [0.2, 0.25) is 0 Å². The molecule has 3 aromatic rings. The lowest BCUT2D eigenvalue weighted by atomic mass is 10.0. The molecule has 0 nitrogen and oxygen atoms in total. The lowest BCUT2D eigenvalue weighted by Gasteiger charge is -2.04. The lowest BCUT2D eigenvalue weighted by Crippen LogP contribution is -1.88. The van der Waals surface area contributed by atoms with Crippen LogP contribution in [-0.4, -0.2) is 0 Å². The van der Waals surface area contributed by atoms with Crippen LogP contribution in [0.15, 0.2) is 30.3 Å². The number of fused-ring (bicyclic) bond motifs is 3. The second kappa shape index (κ2) is 3.48. The van der Waals surface area contributed by atoms with E-state index in [1.807, 2.05) is 0 Å². The van der Waals surface area contributed by atoms with Crippen LogP contribution in [-0.2, 0) is 0 Å². The summed E-state index contributed by atoms with van der Waals surface area (Å²) in [5.41, 5.74) is 0. The van der Waals surface area contributed by atoms with Gasteiger partial charge in [-0.05, 0) is 28.3 Å². The molecule has 3 heteroatoms. The van der Waals surface area contributed by atoms with E-state index in [0.29, 0.717) is 16.2 Å². The maximum Gasteiger partial charge on any atom is 0.167 e. The quantitative estimate of drug-likeness (QED) is 0.512. The molecule has 0 atom stereocenters. The van der Waals surface area contributed by atoms with Crippen molar-refractivity contribution in [1.29, 1.82) is 0 Å². The highest BCUT2D eigenvalue weighted by atomic mass is 19.2. The standard InChI is InChI=1S/C14H5F3/c15-9-2-4-10-8(7-9)1-3-12-11(10)5-6-13(16)14(12)17/h1-5H. The van der Waals surface area contributed by atoms with Gasteiger partial charge in [0, 0.05) is 17.5 Å². The molecule has 0 amide bonds. The smallest absolute Gasteiger partial charge is 0.167 e. The average Bonchev–Trinajstić information content (AvgIpc) is 2.33. The first kappa shape index (κ1) is 10.1. The van der Waals surface area contributed by atoms with Crippen molar-refractivity contribution in [2.45, 2.75) is 0 Å². The molecule has 3 aromatic carbocycles. The van der Waals surface area contributed by atoms with Gasteiger partial charge in [-0.2, -0.15) is 0 Å². The van der Waals surface area contributed by atoms with Crippen molar-refractivity contribution in [3.8, 4) is 0 Å². The Bertz CT molecular complexity index is 732. The van der Waals surface area contributed by atoms with Crippen LogP contribution in [0.4, 0.5) is 13.2 Å². The summed E-state index contributed by atoms with van der Waals surface area (Å²) in [5, 5.41) is 1.81. The summed E-state index contributed by atoms with van der Waals surface area (Å²) in [7, 11) is 0. The zero-order valence-corrected chi connectivity index (χ0v) is 8.52. The molecule has 0 aromatic heterocycles. The molecular weight excluding hydrogens is 225 g/mol. The normalized spacial score (nSPS) is 11.2. The first-order valence-corrected chi connectivity index (χ1v) is 4.97. The highest BCUT2D eigenvalue weighted by Gasteiger charge is 2.09. The minimum absolute atomic E-state index is 0.161. The number of benzene rings is 3. The molecule has 17 heavy (non-hydrogen) atoms. The molecule has 3 rings (SSSR count). The van der Waals surface area contributed by atoms with Crippen LogP contribution in [0.3, 0.4) is 0 Å². The Hall–Kier alpha value is -2.03. The fraction of sp³-hybridized carbons (Fsp3) is 0. The third-order valence-electron chi connectivity index (χ3n) is 2.71. The average molecular weight is 230 g/mol. The molecule has 0 aliphatic heterocycles. The number of hydrogen-bond acceptors (Lipinski definition) is 0. The van der Waals surface area contributed by atoms with E-state index in [4.69, 9.17) is 0 Å². The van der Waals surface area contributed by atoms with Crippen molar-refractivity contribution in [2.24, 2.45) is 0 Å². The van der Waals surface area contributed by atoms with E-state index in [1.54, 1.807) is 0 Å². The first-order valence-electron chi connectivity index (χ1n) is 4.97. The Morgan fingerprint density at radius 2 is 1.59 bits per heavy atom. The van der Waals surface area contributed by atoms with E-state index in [0.717, 1.165) is 0 Å². The van der Waals surface area contributed by atoms with Crippen molar-refractivity contribution in [3.63, 3.8) is 0 Å². The van der Waals surface area contributed by atoms with Gasteiger partial charge in [-0.3, -0.25) is 0 Å². The summed E-state index contributed by atoms with van der Waals surface area (Å²) in [6.07, 6.45) is 0. The van der Waals surface area contributed by atoms with Crippen molar-refractivity contribution < 1.29 is 13.2 Å². The number of hydrogen-bond donors (Lipinski definition) is 0. The van der Waals surface area contributed by atoms with Gasteiger partial charge in [0.05, 0.1) is 0 Å². The van der Waals surface area contributed by atoms with Gasteiger partial charge in [-0.1, -0.05) is 18.2 Å². The van der Waals surface area contributed by atoms with Crippen molar-refractivity contribution >= 4 is 21.5 Å². The van der Waals surface area contributed by atoms with Gasteiger partial charge in [-0.25, -0.2) is 13.2 Å². The Balaban J connectivity index is 2.53. The van der Waals surface area contributed by atoms with E-state index in [2.05, 4.69) is 12.1 Å². The molecule has 2 radical (unpaired) electrons. The van der Waals surface area contributed by atoms with Crippen molar-refractivity contribution in [3.05, 3.63) is 59.9 Å². The zero-order valence-electron chi connectivity index (χ0n) is 8.52. The van der Waals surface area contributed by atoms with Crippen LogP contribution < -0.4 is 0 Å². The summed E-state index contributed by atoms with van der Waals surface area (Å²) in [5.74, 6) is -2.43. The molecule has 82 valence electrons. The highest BCUT2D eigenvalue weighted by molar-refractivity contribution is 6.07. The second-order valence-electron chi connectivity index (χ2n) is 3.71. The summed E-state index contributed by atoms with van der Waals surface area (Å²) in [6, 6.07) is 11.8. The van der Waals surface area contributed by atoms with Gasteiger partial charge >= 0.3 is 0 Å². The number of rotatable bonds is 0. The topological polar surface area (TPSA) is 0 Å². The maximum absolute atomic E-state index is 13.5. The third kappa shape index (κ3) is 1.46. The molecular formula is C14H5F3. The third-order valence-corrected chi connectivity index (χ3v) is 2.71. The zero-order chi connectivity index (χ0) is 12.0. The highest BCUT2D eigenvalue weighted by Crippen LogP contribution is 2.28. The molecule has 0 spiro atoms. The molecule has 0 saturated heterocycles. The Labute approximate surface area is 95.3 Å². The molecule has 0 N–H and O–H groups in total. The monoisotopic (exact) mass is 230 g/mol. The van der Waals surface area contributed by atoms with E-state index in [9.17, 15) is 13.2 Å². The van der Waals surface area contributed by atoms with Gasteiger partial charge in [0.25, 0.3) is 0 Å². The Morgan fingerprint density at radius 3 is 2.41 bits per heavy atom. The fourth-order valence-corrected chi connectivity index (χ4v) is 1.92. The molecule has 0 heterocycles. The maximum atomic E-state index is 13.5. The number of halogens is 3. The molecule has 0 saturated carbocycles.